The van der Waals surface area contributed by atoms with Crippen LogP contribution in [0.4, 0.5) is 5.69 Å². The number of hydrogen-bond donors (Lipinski definition) is 2. The summed E-state index contributed by atoms with van der Waals surface area (Å²) in [7, 11) is 0. The average molecular weight is 325 g/mol. The first-order chi connectivity index (χ1) is 9.65. The molecule has 0 saturated heterocycles. The van der Waals surface area contributed by atoms with Crippen LogP contribution in [-0.4, -0.2) is 16.3 Å². The van der Waals surface area contributed by atoms with Gasteiger partial charge in [-0.2, -0.15) is 5.10 Å². The predicted octanol–water partition coefficient (Wildman–Crippen LogP) is 3.71. The minimum Gasteiger partial charge on any atom is -0.330 e. The molecule has 0 aliphatic carbocycles. The first-order valence-corrected chi connectivity index (χ1v) is 6.77. The zero-order valence-electron chi connectivity index (χ0n) is 10.2. The lowest BCUT2D eigenvalue weighted by atomic mass is 10.3. The third-order valence-corrected chi connectivity index (χ3v) is 2.98. The van der Waals surface area contributed by atoms with E-state index in [1.807, 2.05) is 12.1 Å². The highest BCUT2D eigenvalue weighted by Gasteiger charge is 2.02. The zero-order chi connectivity index (χ0) is 14.4. The minimum atomic E-state index is 0.328. The quantitative estimate of drug-likeness (QED) is 0.513. The molecule has 0 fully saturated rings. The second kappa shape index (κ2) is 7.19. The summed E-state index contributed by atoms with van der Waals surface area (Å²) in [5, 5.41) is 8.30. The van der Waals surface area contributed by atoms with Crippen LogP contribution in [0.25, 0.3) is 0 Å². The molecular weight excluding hydrogens is 315 g/mol. The van der Waals surface area contributed by atoms with Gasteiger partial charge < -0.3 is 5.32 Å². The van der Waals surface area contributed by atoms with E-state index in [4.69, 9.17) is 35.4 Å². The van der Waals surface area contributed by atoms with E-state index in [1.165, 1.54) is 0 Å². The molecule has 2 N–H and O–H groups in total. The Morgan fingerprint density at radius 1 is 1.30 bits per heavy atom. The van der Waals surface area contributed by atoms with Crippen LogP contribution in [0.15, 0.2) is 47.8 Å². The molecule has 20 heavy (non-hydrogen) atoms. The third kappa shape index (κ3) is 4.45. The molecule has 0 aliphatic heterocycles. The number of pyridine rings is 1. The number of aromatic nitrogens is 1. The van der Waals surface area contributed by atoms with Gasteiger partial charge in [0.2, 0.25) is 0 Å². The number of rotatable bonds is 3. The van der Waals surface area contributed by atoms with Gasteiger partial charge >= 0.3 is 0 Å². The number of hydrogen-bond acceptors (Lipinski definition) is 3. The highest BCUT2D eigenvalue weighted by atomic mass is 35.5. The van der Waals surface area contributed by atoms with E-state index >= 15 is 0 Å². The molecule has 102 valence electrons. The summed E-state index contributed by atoms with van der Waals surface area (Å²) >= 11 is 16.9. The SMILES string of the molecule is S=C(NN=Cc1cccnc1)Nc1ccc(Cl)cc1Cl. The van der Waals surface area contributed by atoms with Crippen molar-refractivity contribution in [1.82, 2.24) is 10.4 Å². The van der Waals surface area contributed by atoms with Crippen LogP contribution >= 0.6 is 35.4 Å². The van der Waals surface area contributed by atoms with Gasteiger partial charge in [-0.1, -0.05) is 29.3 Å². The van der Waals surface area contributed by atoms with Crippen LogP contribution in [0.5, 0.6) is 0 Å². The summed E-state index contributed by atoms with van der Waals surface area (Å²) in [5.41, 5.74) is 4.22. The van der Waals surface area contributed by atoms with Gasteiger partial charge in [0.1, 0.15) is 0 Å². The van der Waals surface area contributed by atoms with Crippen LogP contribution < -0.4 is 10.7 Å². The van der Waals surface area contributed by atoms with Gasteiger partial charge in [0.15, 0.2) is 5.11 Å². The first kappa shape index (κ1) is 14.7. The second-order valence-corrected chi connectivity index (χ2v) is 4.99. The number of hydrazone groups is 1. The molecule has 1 aromatic heterocycles. The van der Waals surface area contributed by atoms with E-state index in [2.05, 4.69) is 20.8 Å². The molecule has 0 spiro atoms. The van der Waals surface area contributed by atoms with Crippen molar-refractivity contribution in [2.45, 2.75) is 0 Å². The molecular formula is C13H10Cl2N4S. The summed E-state index contributed by atoms with van der Waals surface area (Å²) in [6.07, 6.45) is 5.00. The number of anilines is 1. The van der Waals surface area contributed by atoms with E-state index in [0.29, 0.717) is 20.8 Å². The van der Waals surface area contributed by atoms with Gasteiger partial charge in [0, 0.05) is 23.0 Å². The van der Waals surface area contributed by atoms with E-state index in [-0.39, 0.29) is 0 Å². The molecule has 0 bridgehead atoms. The number of halogens is 2. The maximum atomic E-state index is 6.02. The fourth-order valence-electron chi connectivity index (χ4n) is 1.36. The van der Waals surface area contributed by atoms with Crippen LogP contribution in [0, 0.1) is 0 Å². The van der Waals surface area contributed by atoms with Crippen molar-refractivity contribution in [1.29, 1.82) is 0 Å². The Morgan fingerprint density at radius 2 is 2.15 bits per heavy atom. The Bertz CT molecular complexity index is 632. The number of benzene rings is 1. The number of nitrogens with one attached hydrogen (secondary N) is 2. The van der Waals surface area contributed by atoms with Crippen LogP contribution in [0.3, 0.4) is 0 Å². The lowest BCUT2D eigenvalue weighted by Gasteiger charge is -2.08. The highest BCUT2D eigenvalue weighted by Crippen LogP contribution is 2.25. The van der Waals surface area contributed by atoms with Crippen molar-refractivity contribution in [3.05, 3.63) is 58.3 Å². The molecule has 7 heteroatoms. The van der Waals surface area contributed by atoms with Crippen molar-refractivity contribution >= 4 is 52.4 Å². The van der Waals surface area contributed by atoms with Crippen molar-refractivity contribution < 1.29 is 0 Å². The van der Waals surface area contributed by atoms with Crippen molar-refractivity contribution in [3.63, 3.8) is 0 Å². The van der Waals surface area contributed by atoms with Gasteiger partial charge in [0.25, 0.3) is 0 Å². The lowest BCUT2D eigenvalue weighted by Crippen LogP contribution is -2.24. The smallest absolute Gasteiger partial charge is 0.191 e. The molecule has 0 aliphatic rings. The maximum absolute atomic E-state index is 6.02. The topological polar surface area (TPSA) is 49.3 Å². The van der Waals surface area contributed by atoms with Crippen LogP contribution in [0.2, 0.25) is 10.0 Å². The molecule has 0 unspecified atom stereocenters. The molecule has 0 atom stereocenters. The van der Waals surface area contributed by atoms with Crippen LogP contribution in [0.1, 0.15) is 5.56 Å². The molecule has 2 rings (SSSR count). The third-order valence-electron chi connectivity index (χ3n) is 2.24. The fraction of sp³-hybridized carbons (Fsp3) is 0. The Morgan fingerprint density at radius 3 is 2.85 bits per heavy atom. The average Bonchev–Trinajstić information content (AvgIpc) is 2.43. The number of nitrogens with zero attached hydrogens (tertiary/aromatic N) is 2. The maximum Gasteiger partial charge on any atom is 0.191 e. The van der Waals surface area contributed by atoms with Crippen molar-refractivity contribution in [2.75, 3.05) is 5.32 Å². The Kier molecular flexibility index (Phi) is 5.29. The predicted molar refractivity (Wildman–Crippen MR) is 87.6 cm³/mol. The van der Waals surface area contributed by atoms with Gasteiger partial charge in [-0.15, -0.1) is 0 Å². The van der Waals surface area contributed by atoms with Crippen LogP contribution in [-0.2, 0) is 0 Å². The first-order valence-electron chi connectivity index (χ1n) is 5.60. The Labute approximate surface area is 131 Å². The Balaban J connectivity index is 1.91. The summed E-state index contributed by atoms with van der Waals surface area (Å²) in [6, 6.07) is 8.80. The van der Waals surface area contributed by atoms with E-state index < -0.39 is 0 Å². The summed E-state index contributed by atoms with van der Waals surface area (Å²) in [5.74, 6) is 0. The highest BCUT2D eigenvalue weighted by molar-refractivity contribution is 7.80. The monoisotopic (exact) mass is 324 g/mol. The number of thiocarbonyl (C=S) groups is 1. The van der Waals surface area contributed by atoms with E-state index in [9.17, 15) is 0 Å². The van der Waals surface area contributed by atoms with Gasteiger partial charge in [0.05, 0.1) is 16.9 Å². The summed E-state index contributed by atoms with van der Waals surface area (Å²) < 4.78 is 0. The minimum absolute atomic E-state index is 0.328. The molecule has 0 saturated carbocycles. The molecule has 1 aromatic carbocycles. The van der Waals surface area contributed by atoms with E-state index in [0.717, 1.165) is 5.56 Å². The molecule has 1 heterocycles. The molecule has 0 amide bonds. The fourth-order valence-corrected chi connectivity index (χ4v) is 1.98. The standard InChI is InChI=1S/C13H10Cl2N4S/c14-10-3-4-12(11(15)6-10)18-13(20)19-17-8-9-2-1-5-16-7-9/h1-8H,(H2,18,19,20). The summed E-state index contributed by atoms with van der Waals surface area (Å²) in [6.45, 7) is 0. The normalized spacial score (nSPS) is 10.5. The summed E-state index contributed by atoms with van der Waals surface area (Å²) in [4.78, 5) is 3.97. The van der Waals surface area contributed by atoms with Gasteiger partial charge in [-0.05, 0) is 36.5 Å². The van der Waals surface area contributed by atoms with Gasteiger partial charge in [-0.3, -0.25) is 10.4 Å². The molecule has 4 nitrogen and oxygen atoms in total. The second-order valence-electron chi connectivity index (χ2n) is 3.73. The largest absolute Gasteiger partial charge is 0.330 e. The lowest BCUT2D eigenvalue weighted by molar-refractivity contribution is 1.05. The molecule has 0 radical (unpaired) electrons. The van der Waals surface area contributed by atoms with Gasteiger partial charge in [-0.25, -0.2) is 0 Å². The van der Waals surface area contributed by atoms with Crippen molar-refractivity contribution in [3.8, 4) is 0 Å². The van der Waals surface area contributed by atoms with E-state index in [1.54, 1.807) is 36.8 Å². The Hall–Kier alpha value is -1.69. The van der Waals surface area contributed by atoms with Crippen molar-refractivity contribution in [2.24, 2.45) is 5.10 Å². The molecule has 2 aromatic rings. The zero-order valence-corrected chi connectivity index (χ0v) is 12.5.